The number of amides is 2. The first-order valence-electron chi connectivity index (χ1n) is 11.1. The lowest BCUT2D eigenvalue weighted by atomic mass is 9.76. The SMILES string of the molecule is CCOc1ccc(NC(=O)C[C@@H]2CC3=C(C[C@@H](c4ccccc4C)CC3=O)NC2=O)cc1. The van der Waals surface area contributed by atoms with Crippen LogP contribution in [0, 0.1) is 12.8 Å². The minimum Gasteiger partial charge on any atom is -0.494 e. The lowest BCUT2D eigenvalue weighted by Gasteiger charge is -2.33. The van der Waals surface area contributed by atoms with E-state index in [1.54, 1.807) is 24.3 Å². The van der Waals surface area contributed by atoms with E-state index in [4.69, 9.17) is 4.74 Å². The average molecular weight is 433 g/mol. The van der Waals surface area contributed by atoms with Crippen molar-refractivity contribution in [1.29, 1.82) is 0 Å². The van der Waals surface area contributed by atoms with Crippen LogP contribution in [-0.4, -0.2) is 24.2 Å². The van der Waals surface area contributed by atoms with Gasteiger partial charge in [0.1, 0.15) is 5.75 Å². The lowest BCUT2D eigenvalue weighted by Crippen LogP contribution is -2.41. The van der Waals surface area contributed by atoms with Crippen molar-refractivity contribution >= 4 is 23.3 Å². The standard InChI is InChI=1S/C26H28N2O4/c1-3-32-20-10-8-19(9-11-20)27-25(30)15-18-12-22-23(28-26(18)31)13-17(14-24(22)29)21-7-5-4-6-16(21)2/h4-11,17-18H,3,12-15H2,1-2H3,(H,27,30)(H,28,31)/t17-,18+/m1/s1. The normalized spacial score (nSPS) is 20.4. The number of nitrogens with one attached hydrogen (secondary N) is 2. The zero-order valence-electron chi connectivity index (χ0n) is 18.4. The third-order valence-corrected chi connectivity index (χ3v) is 6.19. The van der Waals surface area contributed by atoms with Gasteiger partial charge in [-0.2, -0.15) is 0 Å². The third kappa shape index (κ3) is 4.74. The Hall–Kier alpha value is -3.41. The van der Waals surface area contributed by atoms with Crippen molar-refractivity contribution in [2.24, 2.45) is 5.92 Å². The summed E-state index contributed by atoms with van der Waals surface area (Å²) in [5.41, 5.74) is 4.35. The smallest absolute Gasteiger partial charge is 0.228 e. The molecule has 2 aromatic carbocycles. The van der Waals surface area contributed by atoms with Gasteiger partial charge in [-0.15, -0.1) is 0 Å². The van der Waals surface area contributed by atoms with Gasteiger partial charge in [0.2, 0.25) is 11.8 Å². The summed E-state index contributed by atoms with van der Waals surface area (Å²) in [6.07, 6.45) is 1.43. The van der Waals surface area contributed by atoms with Crippen LogP contribution in [0.4, 0.5) is 5.69 Å². The van der Waals surface area contributed by atoms with E-state index in [0.29, 0.717) is 37.1 Å². The van der Waals surface area contributed by atoms with Crippen LogP contribution >= 0.6 is 0 Å². The largest absolute Gasteiger partial charge is 0.494 e. The molecule has 2 aliphatic rings. The highest BCUT2D eigenvalue weighted by atomic mass is 16.5. The molecule has 6 nitrogen and oxygen atoms in total. The summed E-state index contributed by atoms with van der Waals surface area (Å²) < 4.78 is 5.40. The Labute approximate surface area is 188 Å². The quantitative estimate of drug-likeness (QED) is 0.714. The monoisotopic (exact) mass is 432 g/mol. The number of rotatable bonds is 6. The number of Topliss-reactive ketones (excluding diaryl/α,β-unsaturated/α-hetero) is 1. The van der Waals surface area contributed by atoms with E-state index in [0.717, 1.165) is 22.6 Å². The zero-order valence-corrected chi connectivity index (χ0v) is 18.4. The maximum absolute atomic E-state index is 12.9. The fourth-order valence-corrected chi connectivity index (χ4v) is 4.58. The molecule has 32 heavy (non-hydrogen) atoms. The van der Waals surface area contributed by atoms with Gasteiger partial charge in [-0.05, 0) is 68.0 Å². The van der Waals surface area contributed by atoms with Gasteiger partial charge < -0.3 is 15.4 Å². The van der Waals surface area contributed by atoms with Gasteiger partial charge in [0.15, 0.2) is 5.78 Å². The van der Waals surface area contributed by atoms with E-state index >= 15 is 0 Å². The summed E-state index contributed by atoms with van der Waals surface area (Å²) in [4.78, 5) is 38.2. The van der Waals surface area contributed by atoms with Crippen LogP contribution in [0.25, 0.3) is 0 Å². The molecule has 0 aromatic heterocycles. The number of benzene rings is 2. The molecule has 0 saturated heterocycles. The van der Waals surface area contributed by atoms with Crippen LogP contribution in [0.2, 0.25) is 0 Å². The number of aryl methyl sites for hydroxylation is 1. The van der Waals surface area contributed by atoms with Gasteiger partial charge in [0.05, 0.1) is 12.5 Å². The molecule has 0 bridgehead atoms. The molecule has 0 unspecified atom stereocenters. The molecule has 6 heteroatoms. The van der Waals surface area contributed by atoms with Crippen LogP contribution in [0.3, 0.4) is 0 Å². The summed E-state index contributed by atoms with van der Waals surface area (Å²) in [7, 11) is 0. The first-order valence-corrected chi connectivity index (χ1v) is 11.1. The van der Waals surface area contributed by atoms with Gasteiger partial charge in [-0.1, -0.05) is 24.3 Å². The van der Waals surface area contributed by atoms with Crippen LogP contribution in [0.1, 0.15) is 49.7 Å². The number of carbonyl (C=O) groups is 3. The summed E-state index contributed by atoms with van der Waals surface area (Å²) in [6, 6.07) is 15.2. The Bertz CT molecular complexity index is 1070. The van der Waals surface area contributed by atoms with Crippen LogP contribution < -0.4 is 15.4 Å². The number of carbonyl (C=O) groups excluding carboxylic acids is 3. The molecule has 2 aromatic rings. The fourth-order valence-electron chi connectivity index (χ4n) is 4.58. The fraction of sp³-hybridized carbons (Fsp3) is 0.346. The molecule has 166 valence electrons. The molecule has 1 heterocycles. The van der Waals surface area contributed by atoms with E-state index < -0.39 is 5.92 Å². The average Bonchev–Trinajstić information content (AvgIpc) is 2.76. The van der Waals surface area contributed by atoms with Crippen molar-refractivity contribution in [2.75, 3.05) is 11.9 Å². The van der Waals surface area contributed by atoms with Crippen LogP contribution in [0.5, 0.6) is 5.75 Å². The molecular weight excluding hydrogens is 404 g/mol. The lowest BCUT2D eigenvalue weighted by molar-refractivity contribution is -0.129. The highest BCUT2D eigenvalue weighted by Crippen LogP contribution is 2.39. The van der Waals surface area contributed by atoms with Crippen molar-refractivity contribution in [1.82, 2.24) is 5.32 Å². The predicted molar refractivity (Wildman–Crippen MR) is 122 cm³/mol. The highest BCUT2D eigenvalue weighted by Gasteiger charge is 2.37. The number of hydrogen-bond acceptors (Lipinski definition) is 4. The summed E-state index contributed by atoms with van der Waals surface area (Å²) >= 11 is 0. The van der Waals surface area contributed by atoms with E-state index in [9.17, 15) is 14.4 Å². The maximum atomic E-state index is 12.9. The molecule has 1 aliphatic heterocycles. The van der Waals surface area contributed by atoms with Crippen LogP contribution in [-0.2, 0) is 14.4 Å². The van der Waals surface area contributed by atoms with Crippen molar-refractivity contribution in [3.8, 4) is 5.75 Å². The number of anilines is 1. The minimum atomic E-state index is -0.546. The van der Waals surface area contributed by atoms with Gasteiger partial charge >= 0.3 is 0 Å². The molecule has 1 aliphatic carbocycles. The number of ketones is 1. The van der Waals surface area contributed by atoms with Crippen LogP contribution in [0.15, 0.2) is 59.8 Å². The number of allylic oxidation sites excluding steroid dienone is 2. The van der Waals surface area contributed by atoms with Gasteiger partial charge in [-0.3, -0.25) is 14.4 Å². The van der Waals surface area contributed by atoms with Gasteiger partial charge in [0.25, 0.3) is 0 Å². The Morgan fingerprint density at radius 2 is 1.81 bits per heavy atom. The molecule has 2 atom stereocenters. The van der Waals surface area contributed by atoms with Crippen molar-refractivity contribution in [3.05, 3.63) is 70.9 Å². The van der Waals surface area contributed by atoms with Gasteiger partial charge in [-0.25, -0.2) is 0 Å². The molecule has 0 saturated carbocycles. The highest BCUT2D eigenvalue weighted by molar-refractivity contribution is 6.02. The van der Waals surface area contributed by atoms with Crippen molar-refractivity contribution in [2.45, 2.75) is 45.4 Å². The molecule has 4 rings (SSSR count). The summed E-state index contributed by atoms with van der Waals surface area (Å²) in [5, 5.41) is 5.75. The minimum absolute atomic E-state index is 0.0321. The first-order chi connectivity index (χ1) is 15.4. The van der Waals surface area contributed by atoms with Crippen molar-refractivity contribution < 1.29 is 19.1 Å². The molecule has 0 radical (unpaired) electrons. The molecule has 0 spiro atoms. The number of ether oxygens (including phenoxy) is 1. The second-order valence-corrected chi connectivity index (χ2v) is 8.44. The van der Waals surface area contributed by atoms with E-state index in [-0.39, 0.29) is 29.9 Å². The molecule has 2 amide bonds. The summed E-state index contributed by atoms with van der Waals surface area (Å²) in [6.45, 7) is 4.53. The molecule has 0 fully saturated rings. The van der Waals surface area contributed by atoms with Gasteiger partial charge in [0, 0.05) is 29.8 Å². The topological polar surface area (TPSA) is 84.5 Å². The Morgan fingerprint density at radius 3 is 2.53 bits per heavy atom. The second-order valence-electron chi connectivity index (χ2n) is 8.44. The van der Waals surface area contributed by atoms with E-state index in [1.165, 1.54) is 0 Å². The Morgan fingerprint density at radius 1 is 1.06 bits per heavy atom. The first kappa shape index (κ1) is 21.8. The van der Waals surface area contributed by atoms with Crippen molar-refractivity contribution in [3.63, 3.8) is 0 Å². The second kappa shape index (κ2) is 9.39. The number of hydrogen-bond donors (Lipinski definition) is 2. The predicted octanol–water partition coefficient (Wildman–Crippen LogP) is 4.26. The third-order valence-electron chi connectivity index (χ3n) is 6.19. The Balaban J connectivity index is 1.41. The zero-order chi connectivity index (χ0) is 22.7. The molecule has 2 N–H and O–H groups in total. The maximum Gasteiger partial charge on any atom is 0.228 e. The summed E-state index contributed by atoms with van der Waals surface area (Å²) in [5.74, 6) is -0.117. The van der Waals surface area contributed by atoms with E-state index in [1.807, 2.05) is 32.0 Å². The Kier molecular flexibility index (Phi) is 6.40. The molecular formula is C26H28N2O4. The van der Waals surface area contributed by atoms with E-state index in [2.05, 4.69) is 16.7 Å².